The molecule has 2 aliphatic rings. The predicted octanol–water partition coefficient (Wildman–Crippen LogP) is 3.86. The van der Waals surface area contributed by atoms with Crippen molar-refractivity contribution in [1.29, 1.82) is 0 Å². The molecule has 0 spiro atoms. The van der Waals surface area contributed by atoms with E-state index in [1.165, 1.54) is 31.4 Å². The molecule has 0 heterocycles. The highest BCUT2D eigenvalue weighted by Gasteiger charge is 2.65. The zero-order valence-corrected chi connectivity index (χ0v) is 18.3. The number of methoxy groups -OCH3 is 1. The van der Waals surface area contributed by atoms with Crippen molar-refractivity contribution in [2.24, 2.45) is 23.2 Å². The van der Waals surface area contributed by atoms with Gasteiger partial charge < -0.3 is 19.7 Å². The highest BCUT2D eigenvalue weighted by molar-refractivity contribution is 5.89. The lowest BCUT2D eigenvalue weighted by atomic mass is 9.66. The molecule has 0 aromatic heterocycles. The van der Waals surface area contributed by atoms with E-state index >= 15 is 0 Å². The summed E-state index contributed by atoms with van der Waals surface area (Å²) in [5.41, 5.74) is -0.393. The van der Waals surface area contributed by atoms with Gasteiger partial charge in [-0.2, -0.15) is 0 Å². The van der Waals surface area contributed by atoms with Gasteiger partial charge in [-0.15, -0.1) is 0 Å². The third-order valence-electron chi connectivity index (χ3n) is 7.21. The first-order valence-corrected chi connectivity index (χ1v) is 10.5. The number of fused-ring (bicyclic) bond motifs is 1. The Balaban J connectivity index is 2.03. The molecular weight excluding hydrogens is 384 g/mol. The van der Waals surface area contributed by atoms with Gasteiger partial charge in [0.05, 0.1) is 24.2 Å². The number of ether oxygens (including phenoxy) is 2. The lowest BCUT2D eigenvalue weighted by Gasteiger charge is -2.44. The van der Waals surface area contributed by atoms with Gasteiger partial charge in [0.15, 0.2) is 0 Å². The zero-order chi connectivity index (χ0) is 22.3. The number of aromatic hydroxyl groups is 1. The average molecular weight is 417 g/mol. The van der Waals surface area contributed by atoms with Crippen LogP contribution in [0.25, 0.3) is 0 Å². The van der Waals surface area contributed by atoms with Crippen LogP contribution in [0, 0.1) is 23.2 Å². The van der Waals surface area contributed by atoms with Crippen molar-refractivity contribution in [2.75, 3.05) is 7.11 Å². The third kappa shape index (κ3) is 3.73. The number of esters is 2. The third-order valence-corrected chi connectivity index (χ3v) is 7.21. The van der Waals surface area contributed by atoms with Crippen LogP contribution >= 0.6 is 0 Å². The average Bonchev–Trinajstić information content (AvgIpc) is 2.86. The molecule has 3 rings (SSSR count). The van der Waals surface area contributed by atoms with E-state index in [0.717, 1.165) is 5.57 Å². The van der Waals surface area contributed by atoms with E-state index in [9.17, 15) is 19.8 Å². The fraction of sp³-hybridized carbons (Fsp3) is 0.583. The summed E-state index contributed by atoms with van der Waals surface area (Å²) in [7, 11) is 1.37. The molecule has 2 aliphatic carbocycles. The standard InChI is InChI=1S/C24H32O6/c1-14(2)24(28)13-18(22(27)29-5)23(4)11-10-15(3)12-19(20(23)24)30-21(26)16-6-8-17(25)9-7-16/h6-10,14,18-20,25,28H,11-13H2,1-5H3/t18?,19-,20+,23-,24+/m0/s1. The molecule has 1 fully saturated rings. The lowest BCUT2D eigenvalue weighted by molar-refractivity contribution is -0.150. The van der Waals surface area contributed by atoms with Crippen molar-refractivity contribution in [1.82, 2.24) is 0 Å². The van der Waals surface area contributed by atoms with Gasteiger partial charge in [0.1, 0.15) is 11.9 Å². The summed E-state index contributed by atoms with van der Waals surface area (Å²) in [6, 6.07) is 5.89. The van der Waals surface area contributed by atoms with E-state index in [4.69, 9.17) is 9.47 Å². The van der Waals surface area contributed by atoms with Gasteiger partial charge in [-0.05, 0) is 55.4 Å². The van der Waals surface area contributed by atoms with Gasteiger partial charge in [0.25, 0.3) is 0 Å². The first-order valence-electron chi connectivity index (χ1n) is 10.5. The van der Waals surface area contributed by atoms with Crippen molar-refractivity contribution >= 4 is 11.9 Å². The van der Waals surface area contributed by atoms with E-state index in [2.05, 4.69) is 6.08 Å². The Bertz CT molecular complexity index is 842. The maximum atomic E-state index is 12.9. The molecule has 2 N–H and O–H groups in total. The van der Waals surface area contributed by atoms with E-state index in [1.54, 1.807) is 0 Å². The first kappa shape index (κ1) is 22.3. The summed E-state index contributed by atoms with van der Waals surface area (Å²) >= 11 is 0. The topological polar surface area (TPSA) is 93.1 Å². The molecule has 1 aromatic carbocycles. The van der Waals surface area contributed by atoms with Crippen molar-refractivity contribution in [2.45, 2.75) is 58.7 Å². The minimum atomic E-state index is -1.17. The molecule has 0 bridgehead atoms. The Kier molecular flexibility index (Phi) is 6.01. The number of phenols is 1. The number of benzene rings is 1. The Morgan fingerprint density at radius 1 is 1.20 bits per heavy atom. The fourth-order valence-electron chi connectivity index (χ4n) is 5.41. The zero-order valence-electron chi connectivity index (χ0n) is 18.3. The molecule has 6 heteroatoms. The summed E-state index contributed by atoms with van der Waals surface area (Å²) in [5, 5.41) is 21.3. The monoisotopic (exact) mass is 416 g/mol. The minimum absolute atomic E-state index is 0.0678. The SMILES string of the molecule is COC(=O)C1C[C@@](O)(C(C)C)[C@@H]2[C@@H](OC(=O)c3ccc(O)cc3)CC(C)=CC[C@@]12C. The maximum absolute atomic E-state index is 12.9. The van der Waals surface area contributed by atoms with Crippen LogP contribution < -0.4 is 0 Å². The lowest BCUT2D eigenvalue weighted by Crippen LogP contribution is -2.50. The Morgan fingerprint density at radius 2 is 1.83 bits per heavy atom. The molecule has 0 amide bonds. The smallest absolute Gasteiger partial charge is 0.338 e. The Morgan fingerprint density at radius 3 is 2.40 bits per heavy atom. The van der Waals surface area contributed by atoms with E-state index in [0.29, 0.717) is 18.4 Å². The van der Waals surface area contributed by atoms with Crippen LogP contribution in [0.3, 0.4) is 0 Å². The number of phenolic OH excluding ortho intramolecular Hbond substituents is 1. The molecule has 1 saturated carbocycles. The number of hydrogen-bond acceptors (Lipinski definition) is 6. The van der Waals surface area contributed by atoms with Crippen LogP contribution in [0.15, 0.2) is 35.9 Å². The quantitative estimate of drug-likeness (QED) is 0.572. The van der Waals surface area contributed by atoms with Crippen LogP contribution in [0.2, 0.25) is 0 Å². The van der Waals surface area contributed by atoms with E-state index < -0.39 is 34.9 Å². The second-order valence-corrected chi connectivity index (χ2v) is 9.36. The molecule has 6 nitrogen and oxygen atoms in total. The number of carbonyl (C=O) groups excluding carboxylic acids is 2. The molecule has 0 radical (unpaired) electrons. The first-order chi connectivity index (χ1) is 14.0. The van der Waals surface area contributed by atoms with Gasteiger partial charge in [-0.3, -0.25) is 4.79 Å². The number of hydrogen-bond donors (Lipinski definition) is 2. The summed E-state index contributed by atoms with van der Waals surface area (Å²) in [6.07, 6.45) is 2.87. The number of aliphatic hydroxyl groups is 1. The Labute approximate surface area is 177 Å². The highest BCUT2D eigenvalue weighted by atomic mass is 16.5. The van der Waals surface area contributed by atoms with Crippen LogP contribution in [0.1, 0.15) is 57.3 Å². The predicted molar refractivity (Wildman–Crippen MR) is 112 cm³/mol. The fourth-order valence-corrected chi connectivity index (χ4v) is 5.41. The molecule has 0 aliphatic heterocycles. The van der Waals surface area contributed by atoms with Crippen molar-refractivity contribution in [3.63, 3.8) is 0 Å². The summed E-state index contributed by atoms with van der Waals surface area (Å²) in [5.74, 6) is -1.83. The summed E-state index contributed by atoms with van der Waals surface area (Å²) < 4.78 is 11.1. The molecule has 164 valence electrons. The van der Waals surface area contributed by atoms with Crippen LogP contribution in [-0.2, 0) is 14.3 Å². The summed E-state index contributed by atoms with van der Waals surface area (Å²) in [6.45, 7) is 7.84. The molecule has 0 saturated heterocycles. The molecule has 1 aromatic rings. The highest BCUT2D eigenvalue weighted by Crippen LogP contribution is 2.61. The van der Waals surface area contributed by atoms with Crippen molar-refractivity contribution in [3.05, 3.63) is 41.5 Å². The summed E-state index contributed by atoms with van der Waals surface area (Å²) in [4.78, 5) is 25.6. The molecular formula is C24H32O6. The van der Waals surface area contributed by atoms with Crippen LogP contribution in [0.4, 0.5) is 0 Å². The van der Waals surface area contributed by atoms with Gasteiger partial charge in [-0.25, -0.2) is 4.79 Å². The molecule has 1 unspecified atom stereocenters. The van der Waals surface area contributed by atoms with E-state index in [1.807, 2.05) is 27.7 Å². The second-order valence-electron chi connectivity index (χ2n) is 9.36. The number of rotatable bonds is 4. The number of allylic oxidation sites excluding steroid dienone is 1. The largest absolute Gasteiger partial charge is 0.508 e. The van der Waals surface area contributed by atoms with Crippen LogP contribution in [-0.4, -0.2) is 41.0 Å². The van der Waals surface area contributed by atoms with Gasteiger partial charge >= 0.3 is 11.9 Å². The molecule has 5 atom stereocenters. The van der Waals surface area contributed by atoms with E-state index in [-0.39, 0.29) is 24.1 Å². The normalized spacial score (nSPS) is 33.4. The number of carbonyl (C=O) groups is 2. The second kappa shape index (κ2) is 8.06. The maximum Gasteiger partial charge on any atom is 0.338 e. The molecule has 30 heavy (non-hydrogen) atoms. The van der Waals surface area contributed by atoms with Crippen molar-refractivity contribution in [3.8, 4) is 5.75 Å². The van der Waals surface area contributed by atoms with Gasteiger partial charge in [0.2, 0.25) is 0 Å². The Hall–Kier alpha value is -2.34. The van der Waals surface area contributed by atoms with Crippen molar-refractivity contribution < 1.29 is 29.3 Å². The van der Waals surface area contributed by atoms with Crippen LogP contribution in [0.5, 0.6) is 5.75 Å². The van der Waals surface area contributed by atoms with Gasteiger partial charge in [-0.1, -0.05) is 32.4 Å². The van der Waals surface area contributed by atoms with Gasteiger partial charge in [0, 0.05) is 12.3 Å². The minimum Gasteiger partial charge on any atom is -0.508 e.